The Morgan fingerprint density at radius 2 is 1.97 bits per heavy atom. The van der Waals surface area contributed by atoms with E-state index in [9.17, 15) is 21.6 Å². The normalized spacial score (nSPS) is 17.3. The highest BCUT2D eigenvalue weighted by molar-refractivity contribution is 7.89. The van der Waals surface area contributed by atoms with Crippen molar-refractivity contribution in [3.05, 3.63) is 23.5 Å². The summed E-state index contributed by atoms with van der Waals surface area (Å²) in [6, 6.07) is 1.55. The summed E-state index contributed by atoms with van der Waals surface area (Å²) in [5.74, 6) is 0.212. The highest BCUT2D eigenvalue weighted by Crippen LogP contribution is 2.38. The number of fused-ring (bicyclic) bond motifs is 1. The van der Waals surface area contributed by atoms with Gasteiger partial charge in [-0.05, 0) is 18.9 Å². The zero-order valence-electron chi connectivity index (χ0n) is 18.2. The summed E-state index contributed by atoms with van der Waals surface area (Å²) < 4.78 is 69.6. The lowest BCUT2D eigenvalue weighted by molar-refractivity contribution is -0.122. The molecule has 0 aromatic carbocycles. The number of hydrogen-bond acceptors (Lipinski definition) is 9. The molecule has 0 atom stereocenters. The van der Waals surface area contributed by atoms with Gasteiger partial charge < -0.3 is 15.3 Å². The molecule has 11 nitrogen and oxygen atoms in total. The van der Waals surface area contributed by atoms with Gasteiger partial charge in [-0.15, -0.1) is 10.2 Å². The molecule has 3 N–H and O–H groups in total. The molecular formula is C19H22F3N7O4S2. The molecule has 35 heavy (non-hydrogen) atoms. The number of rotatable bonds is 7. The third-order valence-corrected chi connectivity index (χ3v) is 8.11. The lowest BCUT2D eigenvalue weighted by Gasteiger charge is -2.30. The van der Waals surface area contributed by atoms with Gasteiger partial charge in [0.25, 0.3) is 12.9 Å². The molecule has 0 spiro atoms. The van der Waals surface area contributed by atoms with Crippen LogP contribution in [0, 0.1) is 0 Å². The highest BCUT2D eigenvalue weighted by atomic mass is 32.2. The Kier molecular flexibility index (Phi) is 7.25. The van der Waals surface area contributed by atoms with Crippen LogP contribution < -0.4 is 14.9 Å². The minimum Gasteiger partial charge on any atom is -0.483 e. The first kappa shape index (κ1) is 25.3. The number of piperazine rings is 1. The number of pyridine rings is 1. The molecular weight excluding hydrogens is 511 g/mol. The maximum absolute atomic E-state index is 13.4. The second kappa shape index (κ2) is 10.0. The molecule has 0 unspecified atom stereocenters. The van der Waals surface area contributed by atoms with Crippen LogP contribution in [0.5, 0.6) is 0 Å². The number of anilines is 1. The topological polar surface area (TPSA) is 142 Å². The van der Waals surface area contributed by atoms with Crippen molar-refractivity contribution < 1.29 is 31.5 Å². The molecule has 1 saturated heterocycles. The number of halogens is 3. The van der Waals surface area contributed by atoms with Crippen molar-refractivity contribution in [3.63, 3.8) is 0 Å². The highest BCUT2D eigenvalue weighted by Gasteiger charge is 2.46. The quantitative estimate of drug-likeness (QED) is 0.387. The van der Waals surface area contributed by atoms with Crippen LogP contribution in [0.15, 0.2) is 23.4 Å². The standard InChI is InChI=1S/C18H20F3N7O2S2.CH2O2/c19-10-18(1-2-18)26-32(29,30)11-7-12(27-5-3-22-4-6-27)13-8-23-15(28(13)9-11)17-25-24-16(31-17)14(20)21;2-1-3/h7-9,14,22,26H,1-6,10H2;1H,(H,2,3). The fourth-order valence-electron chi connectivity index (χ4n) is 3.69. The van der Waals surface area contributed by atoms with Crippen molar-refractivity contribution in [2.75, 3.05) is 37.8 Å². The molecule has 3 aromatic rings. The third kappa shape index (κ3) is 5.24. The van der Waals surface area contributed by atoms with Crippen molar-refractivity contribution in [3.8, 4) is 10.8 Å². The number of carboxylic acid groups (broad SMARTS) is 1. The van der Waals surface area contributed by atoms with E-state index < -0.39 is 33.7 Å². The van der Waals surface area contributed by atoms with E-state index in [1.165, 1.54) is 10.6 Å². The van der Waals surface area contributed by atoms with Crippen LogP contribution in [0.1, 0.15) is 24.3 Å². The van der Waals surface area contributed by atoms with E-state index in [4.69, 9.17) is 9.90 Å². The van der Waals surface area contributed by atoms with Crippen LogP contribution in [0.4, 0.5) is 18.9 Å². The zero-order chi connectivity index (χ0) is 25.2. The minimum absolute atomic E-state index is 0.0592. The first-order chi connectivity index (χ1) is 16.7. The molecule has 1 aliphatic heterocycles. The van der Waals surface area contributed by atoms with Gasteiger partial charge in [-0.1, -0.05) is 11.3 Å². The van der Waals surface area contributed by atoms with Gasteiger partial charge in [0.2, 0.25) is 10.0 Å². The van der Waals surface area contributed by atoms with Crippen LogP contribution in [0.2, 0.25) is 0 Å². The van der Waals surface area contributed by atoms with E-state index in [-0.39, 0.29) is 22.2 Å². The van der Waals surface area contributed by atoms with Gasteiger partial charge in [0, 0.05) is 32.4 Å². The van der Waals surface area contributed by atoms with Gasteiger partial charge in [0.1, 0.15) is 11.6 Å². The molecule has 2 fully saturated rings. The lowest BCUT2D eigenvalue weighted by Crippen LogP contribution is -2.44. The number of imidazole rings is 1. The molecule has 0 bridgehead atoms. The van der Waals surface area contributed by atoms with Crippen LogP contribution in [0.3, 0.4) is 0 Å². The Balaban J connectivity index is 0.000000917. The van der Waals surface area contributed by atoms with E-state index in [0.29, 0.717) is 48.5 Å². The second-order valence-electron chi connectivity index (χ2n) is 8.01. The summed E-state index contributed by atoms with van der Waals surface area (Å²) in [5.41, 5.74) is 0.199. The van der Waals surface area contributed by atoms with Crippen molar-refractivity contribution in [2.24, 2.45) is 0 Å². The van der Waals surface area contributed by atoms with Crippen LogP contribution >= 0.6 is 11.3 Å². The predicted octanol–water partition coefficient (Wildman–Crippen LogP) is 1.68. The molecule has 5 rings (SSSR count). The Bertz CT molecular complexity index is 1310. The van der Waals surface area contributed by atoms with E-state index in [2.05, 4.69) is 25.2 Å². The first-order valence-corrected chi connectivity index (χ1v) is 12.8. The van der Waals surface area contributed by atoms with Crippen molar-refractivity contribution >= 4 is 39.0 Å². The van der Waals surface area contributed by atoms with E-state index in [1.54, 1.807) is 12.3 Å². The molecule has 0 amide bonds. The largest absolute Gasteiger partial charge is 0.483 e. The number of sulfonamides is 1. The summed E-state index contributed by atoms with van der Waals surface area (Å²) in [5, 5.41) is 17.2. The fraction of sp³-hybridized carbons (Fsp3) is 0.474. The predicted molar refractivity (Wildman–Crippen MR) is 121 cm³/mol. The average molecular weight is 534 g/mol. The van der Waals surface area contributed by atoms with Gasteiger partial charge in [0.05, 0.1) is 22.9 Å². The number of carbonyl (C=O) groups is 1. The number of alkyl halides is 3. The van der Waals surface area contributed by atoms with Gasteiger partial charge in [-0.3, -0.25) is 9.20 Å². The molecule has 190 valence electrons. The van der Waals surface area contributed by atoms with Gasteiger partial charge >= 0.3 is 0 Å². The Morgan fingerprint density at radius 1 is 1.29 bits per heavy atom. The Labute approximate surface area is 202 Å². The first-order valence-electron chi connectivity index (χ1n) is 10.5. The Hall–Kier alpha value is -2.82. The number of aromatic nitrogens is 4. The summed E-state index contributed by atoms with van der Waals surface area (Å²) in [6.07, 6.45) is 1.03. The fourth-order valence-corrected chi connectivity index (χ4v) is 5.84. The van der Waals surface area contributed by atoms with Gasteiger partial charge in [0.15, 0.2) is 15.8 Å². The van der Waals surface area contributed by atoms with Crippen molar-refractivity contribution in [2.45, 2.75) is 29.7 Å². The molecule has 1 saturated carbocycles. The lowest BCUT2D eigenvalue weighted by atomic mass is 10.2. The van der Waals surface area contributed by atoms with Gasteiger partial charge in [-0.2, -0.15) is 0 Å². The van der Waals surface area contributed by atoms with Crippen LogP contribution in [-0.4, -0.2) is 78.0 Å². The average Bonchev–Trinajstić information content (AvgIpc) is 3.22. The molecule has 4 heterocycles. The summed E-state index contributed by atoms with van der Waals surface area (Å²) >= 11 is 0.698. The zero-order valence-corrected chi connectivity index (χ0v) is 19.8. The summed E-state index contributed by atoms with van der Waals surface area (Å²) in [6.45, 7) is 1.71. The molecule has 2 aliphatic rings. The molecule has 0 radical (unpaired) electrons. The summed E-state index contributed by atoms with van der Waals surface area (Å²) in [7, 11) is -4.04. The van der Waals surface area contributed by atoms with E-state index in [0.717, 1.165) is 13.1 Å². The number of hydrogen-bond donors (Lipinski definition) is 3. The smallest absolute Gasteiger partial charge is 0.291 e. The van der Waals surface area contributed by atoms with Crippen LogP contribution in [0.25, 0.3) is 16.3 Å². The maximum atomic E-state index is 13.4. The maximum Gasteiger partial charge on any atom is 0.291 e. The minimum atomic E-state index is -4.04. The molecule has 1 aliphatic carbocycles. The SMILES string of the molecule is O=CO.O=S(=O)(NC1(CF)CC1)c1cc(N2CCNCC2)c2cnc(-c3nnc(C(F)F)s3)n2c1. The van der Waals surface area contributed by atoms with E-state index >= 15 is 0 Å². The number of nitrogens with zero attached hydrogens (tertiary/aromatic N) is 5. The number of nitrogens with one attached hydrogen (secondary N) is 2. The molecule has 16 heteroatoms. The van der Waals surface area contributed by atoms with Gasteiger partial charge in [-0.25, -0.2) is 31.3 Å². The third-order valence-electron chi connectivity index (χ3n) is 5.64. The Morgan fingerprint density at radius 3 is 2.54 bits per heavy atom. The summed E-state index contributed by atoms with van der Waals surface area (Å²) in [4.78, 5) is 14.7. The monoisotopic (exact) mass is 533 g/mol. The van der Waals surface area contributed by atoms with Crippen molar-refractivity contribution in [1.29, 1.82) is 0 Å². The van der Waals surface area contributed by atoms with Crippen LogP contribution in [-0.2, 0) is 14.8 Å². The second-order valence-corrected chi connectivity index (χ2v) is 10.7. The molecule has 3 aromatic heterocycles. The van der Waals surface area contributed by atoms with Crippen molar-refractivity contribution in [1.82, 2.24) is 29.6 Å². The van der Waals surface area contributed by atoms with E-state index in [1.807, 2.05) is 4.90 Å².